The van der Waals surface area contributed by atoms with Crippen molar-refractivity contribution in [2.45, 2.75) is 0 Å². The van der Waals surface area contributed by atoms with Crippen LogP contribution in [0.4, 0.5) is 10.5 Å². The Bertz CT molecular complexity index is 1260. The van der Waals surface area contributed by atoms with Gasteiger partial charge in [0, 0.05) is 5.56 Å². The molecular formula is C23H14N2O2S2. The smallest absolute Gasteiger partial charge is 0.296 e. The van der Waals surface area contributed by atoms with Crippen LogP contribution in [0.15, 0.2) is 88.3 Å². The quantitative estimate of drug-likeness (QED) is 0.281. The van der Waals surface area contributed by atoms with Crippen LogP contribution in [0.5, 0.6) is 0 Å². The maximum absolute atomic E-state index is 12.5. The Morgan fingerprint density at radius 1 is 0.966 bits per heavy atom. The number of hydrogen-bond donors (Lipinski definition) is 0. The van der Waals surface area contributed by atoms with Crippen molar-refractivity contribution in [2.24, 2.45) is 0 Å². The molecule has 0 aliphatic carbocycles. The van der Waals surface area contributed by atoms with Crippen molar-refractivity contribution >= 4 is 56.9 Å². The molecule has 4 nitrogen and oxygen atoms in total. The Morgan fingerprint density at radius 3 is 2.45 bits per heavy atom. The number of aromatic nitrogens is 1. The van der Waals surface area contributed by atoms with E-state index in [1.807, 2.05) is 84.9 Å². The summed E-state index contributed by atoms with van der Waals surface area (Å²) in [6, 6.07) is 25.2. The zero-order valence-electron chi connectivity index (χ0n) is 15.1. The van der Waals surface area contributed by atoms with Gasteiger partial charge in [0.05, 0.1) is 16.0 Å². The van der Waals surface area contributed by atoms with E-state index in [0.717, 1.165) is 50.1 Å². The van der Waals surface area contributed by atoms with Gasteiger partial charge in [-0.15, -0.1) is 0 Å². The van der Waals surface area contributed by atoms with Gasteiger partial charge >= 0.3 is 0 Å². The number of amides is 1. The van der Waals surface area contributed by atoms with Gasteiger partial charge in [-0.3, -0.25) is 9.69 Å². The average molecular weight is 415 g/mol. The summed E-state index contributed by atoms with van der Waals surface area (Å²) in [7, 11) is 0. The van der Waals surface area contributed by atoms with Crippen molar-refractivity contribution in [1.82, 2.24) is 5.16 Å². The Kier molecular flexibility index (Phi) is 4.50. The summed E-state index contributed by atoms with van der Waals surface area (Å²) < 4.78 is 5.58. The number of carbonyl (C=O) groups excluding carboxylic acids is 1. The second kappa shape index (κ2) is 7.31. The van der Waals surface area contributed by atoms with E-state index in [0.29, 0.717) is 4.99 Å². The van der Waals surface area contributed by atoms with Crippen molar-refractivity contribution in [2.75, 3.05) is 4.90 Å². The van der Waals surface area contributed by atoms with E-state index < -0.39 is 0 Å². The van der Waals surface area contributed by atoms with Crippen molar-refractivity contribution < 1.29 is 9.32 Å². The first-order valence-corrected chi connectivity index (χ1v) is 10.2. The van der Waals surface area contributed by atoms with Gasteiger partial charge in [-0.1, -0.05) is 72.0 Å². The third-order valence-corrected chi connectivity index (χ3v) is 6.06. The van der Waals surface area contributed by atoms with Gasteiger partial charge in [0.2, 0.25) is 0 Å². The minimum atomic E-state index is -0.0940. The van der Waals surface area contributed by atoms with Crippen LogP contribution in [0.3, 0.4) is 0 Å². The largest absolute Gasteiger partial charge is 0.355 e. The molecule has 6 heteroatoms. The van der Waals surface area contributed by atoms with Gasteiger partial charge in [-0.25, -0.2) is 0 Å². The Balaban J connectivity index is 1.52. The third-order valence-electron chi connectivity index (χ3n) is 4.64. The molecule has 1 amide bonds. The number of anilines is 1. The monoisotopic (exact) mass is 414 g/mol. The maximum atomic E-state index is 12.5. The number of thioether (sulfide) groups is 1. The highest BCUT2D eigenvalue weighted by atomic mass is 32.2. The minimum absolute atomic E-state index is 0.0940. The van der Waals surface area contributed by atoms with Crippen LogP contribution in [0.25, 0.3) is 28.3 Å². The summed E-state index contributed by atoms with van der Waals surface area (Å²) >= 11 is 6.73. The van der Waals surface area contributed by atoms with E-state index >= 15 is 0 Å². The topological polar surface area (TPSA) is 46.3 Å². The number of hydrogen-bond acceptors (Lipinski definition) is 5. The molecule has 0 N–H and O–H groups in total. The summed E-state index contributed by atoms with van der Waals surface area (Å²) in [6.45, 7) is 0. The first kappa shape index (κ1) is 17.8. The van der Waals surface area contributed by atoms with Gasteiger partial charge in [-0.2, -0.15) is 0 Å². The number of rotatable bonds is 3. The molecule has 0 radical (unpaired) electrons. The first-order valence-electron chi connectivity index (χ1n) is 8.98. The summed E-state index contributed by atoms with van der Waals surface area (Å²) in [4.78, 5) is 15.4. The standard InChI is InChI=1S/C23H14N2O2S2/c26-23-25(17-9-5-2-6-10-17)22(28)20(29-23)14-15-11-12-19-18(13-15)21(27-24-19)16-7-3-1-4-8-16/h1-14H. The molecule has 0 saturated carbocycles. The molecule has 0 unspecified atom stereocenters. The molecular weight excluding hydrogens is 400 g/mol. The number of thiocarbonyl (C=S) groups is 1. The third kappa shape index (κ3) is 3.26. The summed E-state index contributed by atoms with van der Waals surface area (Å²) in [6.07, 6.45) is 1.94. The van der Waals surface area contributed by atoms with Gasteiger partial charge in [0.25, 0.3) is 5.24 Å². The van der Waals surface area contributed by atoms with Gasteiger partial charge < -0.3 is 4.52 Å². The molecule has 4 aromatic rings. The lowest BCUT2D eigenvalue weighted by Crippen LogP contribution is -2.26. The van der Waals surface area contributed by atoms with Crippen LogP contribution in [0, 0.1) is 0 Å². The van der Waals surface area contributed by atoms with Gasteiger partial charge in [-0.05, 0) is 47.7 Å². The SMILES string of the molecule is O=C1SC(=Cc2ccc3noc(-c4ccccc4)c3c2)C(=S)N1c1ccccc1. The van der Waals surface area contributed by atoms with Crippen molar-refractivity contribution in [3.63, 3.8) is 0 Å². The molecule has 5 rings (SSSR count). The van der Waals surface area contributed by atoms with E-state index in [4.69, 9.17) is 16.7 Å². The zero-order valence-corrected chi connectivity index (χ0v) is 16.7. The number of fused-ring (bicyclic) bond motifs is 1. The highest BCUT2D eigenvalue weighted by Crippen LogP contribution is 2.37. The fraction of sp³-hybridized carbons (Fsp3) is 0. The van der Waals surface area contributed by atoms with E-state index in [1.54, 1.807) is 4.90 Å². The maximum Gasteiger partial charge on any atom is 0.296 e. The Hall–Kier alpha value is -3.22. The van der Waals surface area contributed by atoms with Crippen LogP contribution >= 0.6 is 24.0 Å². The van der Waals surface area contributed by atoms with E-state index in [1.165, 1.54) is 0 Å². The second-order valence-corrected chi connectivity index (χ2v) is 7.89. The van der Waals surface area contributed by atoms with Gasteiger partial charge in [0.15, 0.2) is 5.76 Å². The normalized spacial score (nSPS) is 15.6. The summed E-state index contributed by atoms with van der Waals surface area (Å²) in [5, 5.41) is 4.99. The average Bonchev–Trinajstić information content (AvgIpc) is 3.29. The number of benzene rings is 3. The first-order chi connectivity index (χ1) is 14.2. The predicted octanol–water partition coefficient (Wildman–Crippen LogP) is 6.54. The van der Waals surface area contributed by atoms with Crippen molar-refractivity contribution in [3.8, 4) is 11.3 Å². The number of nitrogens with zero attached hydrogens (tertiary/aromatic N) is 2. The number of para-hydroxylation sites is 1. The molecule has 0 atom stereocenters. The minimum Gasteiger partial charge on any atom is -0.355 e. The van der Waals surface area contributed by atoms with E-state index in [-0.39, 0.29) is 5.24 Å². The molecule has 1 aliphatic heterocycles. The lowest BCUT2D eigenvalue weighted by molar-refractivity contribution is 0.268. The van der Waals surface area contributed by atoms with Crippen molar-refractivity contribution in [3.05, 3.63) is 89.3 Å². The Morgan fingerprint density at radius 2 is 1.69 bits per heavy atom. The van der Waals surface area contributed by atoms with Crippen LogP contribution in [0.1, 0.15) is 5.56 Å². The summed E-state index contributed by atoms with van der Waals surface area (Å²) in [5.41, 5.74) is 3.47. The van der Waals surface area contributed by atoms with E-state index in [2.05, 4.69) is 5.16 Å². The summed E-state index contributed by atoms with van der Waals surface area (Å²) in [5.74, 6) is 0.726. The van der Waals surface area contributed by atoms with Gasteiger partial charge in [0.1, 0.15) is 10.5 Å². The molecule has 1 aliphatic rings. The van der Waals surface area contributed by atoms with Crippen LogP contribution in [-0.4, -0.2) is 15.4 Å². The zero-order chi connectivity index (χ0) is 19.8. The fourth-order valence-electron chi connectivity index (χ4n) is 3.27. The van der Waals surface area contributed by atoms with Crippen molar-refractivity contribution in [1.29, 1.82) is 0 Å². The molecule has 1 fully saturated rings. The lowest BCUT2D eigenvalue weighted by atomic mass is 10.1. The highest BCUT2D eigenvalue weighted by Gasteiger charge is 2.32. The predicted molar refractivity (Wildman–Crippen MR) is 122 cm³/mol. The second-order valence-electron chi connectivity index (χ2n) is 6.51. The molecule has 1 aromatic heterocycles. The Labute approximate surface area is 176 Å². The molecule has 2 heterocycles. The molecule has 0 spiro atoms. The molecule has 0 bridgehead atoms. The molecule has 3 aromatic carbocycles. The molecule has 29 heavy (non-hydrogen) atoms. The van der Waals surface area contributed by atoms with Crippen LogP contribution < -0.4 is 4.90 Å². The highest BCUT2D eigenvalue weighted by molar-refractivity contribution is 8.20. The fourth-order valence-corrected chi connectivity index (χ4v) is 4.55. The number of carbonyl (C=O) groups is 1. The molecule has 140 valence electrons. The molecule has 1 saturated heterocycles. The van der Waals surface area contributed by atoms with Crippen LogP contribution in [0.2, 0.25) is 0 Å². The lowest BCUT2D eigenvalue weighted by Gasteiger charge is -2.14. The van der Waals surface area contributed by atoms with Crippen LogP contribution in [-0.2, 0) is 0 Å². The van der Waals surface area contributed by atoms with E-state index in [9.17, 15) is 4.79 Å².